The third kappa shape index (κ3) is 2.59. The van der Waals surface area contributed by atoms with Crippen LogP contribution < -0.4 is 5.73 Å². The first kappa shape index (κ1) is 12.2. The summed E-state index contributed by atoms with van der Waals surface area (Å²) in [5.41, 5.74) is 8.49. The van der Waals surface area contributed by atoms with Gasteiger partial charge in [0.1, 0.15) is 0 Å². The highest BCUT2D eigenvalue weighted by molar-refractivity contribution is 9.10. The second-order valence-corrected chi connectivity index (χ2v) is 4.34. The van der Waals surface area contributed by atoms with Gasteiger partial charge in [0.05, 0.1) is 18.7 Å². The van der Waals surface area contributed by atoms with Crippen LogP contribution >= 0.6 is 15.9 Å². The first-order valence-corrected chi connectivity index (χ1v) is 6.03. The number of aryl methyl sites for hydroxylation is 1. The molecule has 1 aromatic carbocycles. The van der Waals surface area contributed by atoms with Crippen molar-refractivity contribution in [2.75, 3.05) is 13.1 Å². The van der Waals surface area contributed by atoms with E-state index in [9.17, 15) is 0 Å². The van der Waals surface area contributed by atoms with E-state index < -0.39 is 0 Å². The fourth-order valence-electron chi connectivity index (χ4n) is 1.68. The van der Waals surface area contributed by atoms with E-state index in [1.165, 1.54) is 5.56 Å². The van der Waals surface area contributed by atoms with Crippen LogP contribution in [0.25, 0.3) is 0 Å². The summed E-state index contributed by atoms with van der Waals surface area (Å²) in [6.07, 6.45) is 0. The highest BCUT2D eigenvalue weighted by Crippen LogP contribution is 2.19. The lowest BCUT2D eigenvalue weighted by molar-refractivity contribution is -0.521. The summed E-state index contributed by atoms with van der Waals surface area (Å²) < 4.78 is 3.22. The van der Waals surface area contributed by atoms with Crippen LogP contribution in [0, 0.1) is 6.92 Å². The average Bonchev–Trinajstić information content (AvgIpc) is 2.19. The Hall–Kier alpha value is -0.830. The molecule has 0 heterocycles. The number of halogens is 1. The van der Waals surface area contributed by atoms with Gasteiger partial charge in [0.2, 0.25) is 0 Å². The zero-order chi connectivity index (χ0) is 11.4. The smallest absolute Gasteiger partial charge is 0.276 e. The van der Waals surface area contributed by atoms with E-state index in [0.717, 1.165) is 29.0 Å². The SMILES string of the molecule is CC[N+](CC)=C(N)c1c(C)cccc1Br. The Balaban J connectivity index is 3.32. The van der Waals surface area contributed by atoms with Crippen LogP contribution in [0.1, 0.15) is 25.0 Å². The minimum Gasteiger partial charge on any atom is -0.287 e. The minimum atomic E-state index is 0.852. The van der Waals surface area contributed by atoms with Crippen molar-refractivity contribution in [2.24, 2.45) is 5.73 Å². The lowest BCUT2D eigenvalue weighted by Gasteiger charge is -2.09. The highest BCUT2D eigenvalue weighted by Gasteiger charge is 2.14. The summed E-state index contributed by atoms with van der Waals surface area (Å²) in [6, 6.07) is 6.13. The van der Waals surface area contributed by atoms with Crippen molar-refractivity contribution < 1.29 is 4.58 Å². The summed E-state index contributed by atoms with van der Waals surface area (Å²) in [5, 5.41) is 0. The minimum absolute atomic E-state index is 0.852. The molecule has 0 aliphatic carbocycles. The molecule has 0 saturated heterocycles. The van der Waals surface area contributed by atoms with Gasteiger partial charge in [0.25, 0.3) is 5.84 Å². The molecular formula is C12H18BrN2+. The monoisotopic (exact) mass is 269 g/mol. The topological polar surface area (TPSA) is 29.0 Å². The number of amidine groups is 1. The van der Waals surface area contributed by atoms with Crippen molar-refractivity contribution in [3.05, 3.63) is 33.8 Å². The normalized spacial score (nSPS) is 10.1. The van der Waals surface area contributed by atoms with Gasteiger partial charge >= 0.3 is 0 Å². The van der Waals surface area contributed by atoms with E-state index in [2.05, 4.69) is 47.3 Å². The number of hydrogen-bond donors (Lipinski definition) is 1. The van der Waals surface area contributed by atoms with Crippen molar-refractivity contribution in [1.82, 2.24) is 0 Å². The van der Waals surface area contributed by atoms with Gasteiger partial charge in [-0.2, -0.15) is 0 Å². The predicted octanol–water partition coefficient (Wildman–Crippen LogP) is 2.52. The molecule has 0 saturated carbocycles. The van der Waals surface area contributed by atoms with Crippen molar-refractivity contribution in [2.45, 2.75) is 20.8 Å². The van der Waals surface area contributed by atoms with Crippen LogP contribution in [0.5, 0.6) is 0 Å². The lowest BCUT2D eigenvalue weighted by atomic mass is 10.1. The maximum Gasteiger partial charge on any atom is 0.276 e. The summed E-state index contributed by atoms with van der Waals surface area (Å²) in [4.78, 5) is 0. The first-order valence-electron chi connectivity index (χ1n) is 5.24. The lowest BCUT2D eigenvalue weighted by Crippen LogP contribution is -2.30. The molecule has 2 N–H and O–H groups in total. The Morgan fingerprint density at radius 1 is 1.33 bits per heavy atom. The Kier molecular flexibility index (Phi) is 4.33. The maximum atomic E-state index is 6.17. The highest BCUT2D eigenvalue weighted by atomic mass is 79.9. The van der Waals surface area contributed by atoms with E-state index >= 15 is 0 Å². The third-order valence-corrected chi connectivity index (χ3v) is 3.24. The van der Waals surface area contributed by atoms with Gasteiger partial charge in [-0.3, -0.25) is 10.3 Å². The Bertz CT molecular complexity index is 357. The van der Waals surface area contributed by atoms with Crippen LogP contribution in [-0.4, -0.2) is 23.5 Å². The van der Waals surface area contributed by atoms with Crippen LogP contribution in [0.2, 0.25) is 0 Å². The van der Waals surface area contributed by atoms with E-state index in [1.807, 2.05) is 12.1 Å². The van der Waals surface area contributed by atoms with Gasteiger partial charge < -0.3 is 0 Å². The number of hydrogen-bond acceptors (Lipinski definition) is 0. The Morgan fingerprint density at radius 3 is 2.40 bits per heavy atom. The second-order valence-electron chi connectivity index (χ2n) is 3.49. The zero-order valence-corrected chi connectivity index (χ0v) is 11.1. The molecule has 0 amide bonds. The molecule has 1 aromatic rings. The molecule has 0 aliphatic rings. The molecule has 15 heavy (non-hydrogen) atoms. The number of benzene rings is 1. The maximum absolute atomic E-state index is 6.17. The summed E-state index contributed by atoms with van der Waals surface area (Å²) in [7, 11) is 0. The molecule has 0 fully saturated rings. The summed E-state index contributed by atoms with van der Waals surface area (Å²) in [6.45, 7) is 8.17. The van der Waals surface area contributed by atoms with Crippen molar-refractivity contribution in [1.29, 1.82) is 0 Å². The summed E-state index contributed by atoms with van der Waals surface area (Å²) >= 11 is 3.55. The Labute approximate surface area is 99.9 Å². The number of rotatable bonds is 3. The molecule has 0 spiro atoms. The summed E-state index contributed by atoms with van der Waals surface area (Å²) in [5.74, 6) is 0.852. The van der Waals surface area contributed by atoms with Crippen molar-refractivity contribution >= 4 is 21.8 Å². The largest absolute Gasteiger partial charge is 0.287 e. The molecule has 82 valence electrons. The molecular weight excluding hydrogens is 252 g/mol. The van der Waals surface area contributed by atoms with Crippen LogP contribution in [-0.2, 0) is 0 Å². The average molecular weight is 270 g/mol. The van der Waals surface area contributed by atoms with Gasteiger partial charge in [-0.05, 0) is 48.3 Å². The van der Waals surface area contributed by atoms with E-state index in [-0.39, 0.29) is 0 Å². The standard InChI is InChI=1S/C12H17BrN2/c1-4-15(5-2)12(14)11-9(3)7-6-8-10(11)13/h6-8,14H,4-5H2,1-3H3/p+1. The predicted molar refractivity (Wildman–Crippen MR) is 68.5 cm³/mol. The van der Waals surface area contributed by atoms with E-state index in [4.69, 9.17) is 5.73 Å². The fraction of sp³-hybridized carbons (Fsp3) is 0.417. The number of nitrogens with two attached hydrogens (primary N) is 1. The molecule has 0 unspecified atom stereocenters. The third-order valence-electron chi connectivity index (χ3n) is 2.58. The first-order chi connectivity index (χ1) is 7.11. The zero-order valence-electron chi connectivity index (χ0n) is 9.55. The molecule has 3 heteroatoms. The van der Waals surface area contributed by atoms with Gasteiger partial charge in [0, 0.05) is 4.47 Å². The van der Waals surface area contributed by atoms with Gasteiger partial charge in [-0.15, -0.1) is 0 Å². The molecule has 2 nitrogen and oxygen atoms in total. The quantitative estimate of drug-likeness (QED) is 0.510. The van der Waals surface area contributed by atoms with Crippen molar-refractivity contribution in [3.63, 3.8) is 0 Å². The molecule has 0 aromatic heterocycles. The van der Waals surface area contributed by atoms with Crippen molar-refractivity contribution in [3.8, 4) is 0 Å². The molecule has 0 radical (unpaired) electrons. The van der Waals surface area contributed by atoms with E-state index in [0.29, 0.717) is 0 Å². The van der Waals surface area contributed by atoms with Gasteiger partial charge in [0.15, 0.2) is 0 Å². The van der Waals surface area contributed by atoms with Crippen LogP contribution in [0.3, 0.4) is 0 Å². The fourth-order valence-corrected chi connectivity index (χ4v) is 2.35. The van der Waals surface area contributed by atoms with Gasteiger partial charge in [-0.25, -0.2) is 0 Å². The molecule has 0 atom stereocenters. The Morgan fingerprint density at radius 2 is 1.93 bits per heavy atom. The van der Waals surface area contributed by atoms with Gasteiger partial charge in [-0.1, -0.05) is 12.1 Å². The van der Waals surface area contributed by atoms with Crippen LogP contribution in [0.15, 0.2) is 22.7 Å². The molecule has 1 rings (SSSR count). The van der Waals surface area contributed by atoms with Crippen LogP contribution in [0.4, 0.5) is 0 Å². The molecule has 0 bridgehead atoms. The molecule has 0 aliphatic heterocycles. The van der Waals surface area contributed by atoms with E-state index in [1.54, 1.807) is 0 Å². The second kappa shape index (κ2) is 5.31. The number of nitrogens with zero attached hydrogens (tertiary/aromatic N) is 1.